The van der Waals surface area contributed by atoms with E-state index in [0.717, 1.165) is 23.4 Å². The molecular weight excluding hydrogens is 258 g/mol. The fraction of sp³-hybridized carbons (Fsp3) is 0.857. The van der Waals surface area contributed by atoms with E-state index in [-0.39, 0.29) is 11.9 Å². The van der Waals surface area contributed by atoms with Crippen LogP contribution in [0.5, 0.6) is 0 Å². The number of fused-ring (bicyclic) bond motifs is 1. The molecule has 1 aliphatic heterocycles. The maximum Gasteiger partial charge on any atom is 0.244 e. The molecule has 0 spiro atoms. The van der Waals surface area contributed by atoms with E-state index < -0.39 is 0 Å². The zero-order valence-electron chi connectivity index (χ0n) is 12.2. The van der Waals surface area contributed by atoms with E-state index in [1.807, 2.05) is 20.9 Å². The van der Waals surface area contributed by atoms with E-state index in [4.69, 9.17) is 4.99 Å². The number of thioether (sulfide) groups is 1. The van der Waals surface area contributed by atoms with Gasteiger partial charge in [0.1, 0.15) is 6.04 Å². The summed E-state index contributed by atoms with van der Waals surface area (Å²) in [7, 11) is 1.84. The first-order chi connectivity index (χ1) is 9.11. The summed E-state index contributed by atoms with van der Waals surface area (Å²) in [5.74, 6) is 2.05. The van der Waals surface area contributed by atoms with Crippen LogP contribution in [0.3, 0.4) is 0 Å². The number of hydrogen-bond acceptors (Lipinski definition) is 4. The molecule has 0 saturated heterocycles. The Bertz CT molecular complexity index is 359. The van der Waals surface area contributed by atoms with Gasteiger partial charge in [-0.15, -0.1) is 0 Å². The molecule has 1 saturated carbocycles. The van der Waals surface area contributed by atoms with Crippen LogP contribution in [-0.4, -0.2) is 47.4 Å². The van der Waals surface area contributed by atoms with Gasteiger partial charge in [-0.2, -0.15) is 0 Å². The Morgan fingerprint density at radius 3 is 3.00 bits per heavy atom. The molecule has 0 bridgehead atoms. The first-order valence-corrected chi connectivity index (χ1v) is 8.32. The lowest BCUT2D eigenvalue weighted by molar-refractivity contribution is -0.131. The third kappa shape index (κ3) is 3.65. The third-order valence-corrected chi connectivity index (χ3v) is 5.24. The summed E-state index contributed by atoms with van der Waals surface area (Å²) in [5, 5.41) is 4.25. The van der Waals surface area contributed by atoms with Crippen molar-refractivity contribution in [3.8, 4) is 0 Å². The second-order valence-corrected chi connectivity index (χ2v) is 6.58. The number of nitrogens with zero attached hydrogens (tertiary/aromatic N) is 2. The van der Waals surface area contributed by atoms with Gasteiger partial charge in [0.15, 0.2) is 5.17 Å². The predicted molar refractivity (Wildman–Crippen MR) is 81.5 cm³/mol. The van der Waals surface area contributed by atoms with Crippen molar-refractivity contribution in [1.29, 1.82) is 0 Å². The SMILES string of the molecule is CCN(C)C(=O)C(C)NC1=NC2CCCCC2CS1. The number of carbonyl (C=O) groups excluding carboxylic acids is 1. The molecule has 19 heavy (non-hydrogen) atoms. The van der Waals surface area contributed by atoms with Crippen LogP contribution in [0.1, 0.15) is 39.5 Å². The normalized spacial score (nSPS) is 28.1. The fourth-order valence-electron chi connectivity index (χ4n) is 2.74. The summed E-state index contributed by atoms with van der Waals surface area (Å²) in [6, 6.07) is 0.306. The minimum Gasteiger partial charge on any atom is -0.353 e. The van der Waals surface area contributed by atoms with Gasteiger partial charge in [-0.25, -0.2) is 0 Å². The fourth-order valence-corrected chi connectivity index (χ4v) is 3.97. The summed E-state index contributed by atoms with van der Waals surface area (Å²) >= 11 is 1.78. The lowest BCUT2D eigenvalue weighted by Crippen LogP contribution is -2.46. The van der Waals surface area contributed by atoms with E-state index in [0.29, 0.717) is 6.04 Å². The molecule has 3 atom stereocenters. The summed E-state index contributed by atoms with van der Waals surface area (Å²) in [6.45, 7) is 4.66. The minimum absolute atomic E-state index is 0.136. The molecule has 4 nitrogen and oxygen atoms in total. The van der Waals surface area contributed by atoms with Gasteiger partial charge in [-0.05, 0) is 32.6 Å². The molecule has 1 amide bonds. The average Bonchev–Trinajstić information content (AvgIpc) is 2.45. The van der Waals surface area contributed by atoms with Gasteiger partial charge in [0, 0.05) is 19.3 Å². The highest BCUT2D eigenvalue weighted by Gasteiger charge is 2.30. The van der Waals surface area contributed by atoms with Crippen LogP contribution in [0.2, 0.25) is 0 Å². The van der Waals surface area contributed by atoms with Crippen LogP contribution in [0, 0.1) is 5.92 Å². The molecular formula is C14H25N3OS. The zero-order chi connectivity index (χ0) is 13.8. The number of amides is 1. The monoisotopic (exact) mass is 283 g/mol. The molecule has 0 aromatic carbocycles. The van der Waals surface area contributed by atoms with E-state index in [9.17, 15) is 4.79 Å². The Labute approximate surface area is 120 Å². The molecule has 0 aromatic heterocycles. The van der Waals surface area contributed by atoms with Gasteiger partial charge in [0.2, 0.25) is 5.91 Å². The average molecular weight is 283 g/mol. The molecule has 1 fully saturated rings. The highest BCUT2D eigenvalue weighted by Crippen LogP contribution is 2.33. The van der Waals surface area contributed by atoms with Gasteiger partial charge in [-0.1, -0.05) is 24.6 Å². The van der Waals surface area contributed by atoms with E-state index in [2.05, 4.69) is 5.32 Å². The molecule has 0 radical (unpaired) electrons. The molecule has 3 unspecified atom stereocenters. The highest BCUT2D eigenvalue weighted by atomic mass is 32.2. The molecule has 1 heterocycles. The van der Waals surface area contributed by atoms with Gasteiger partial charge in [-0.3, -0.25) is 9.79 Å². The number of carbonyl (C=O) groups is 1. The van der Waals surface area contributed by atoms with Crippen LogP contribution >= 0.6 is 11.8 Å². The number of rotatable bonds is 3. The summed E-state index contributed by atoms with van der Waals surface area (Å²) < 4.78 is 0. The molecule has 5 heteroatoms. The third-order valence-electron chi connectivity index (χ3n) is 4.15. The molecule has 1 aliphatic carbocycles. The van der Waals surface area contributed by atoms with Gasteiger partial charge in [0.05, 0.1) is 6.04 Å². The van der Waals surface area contributed by atoms with Gasteiger partial charge in [0.25, 0.3) is 0 Å². The molecule has 1 N–H and O–H groups in total. The Hall–Kier alpha value is -0.710. The summed E-state index contributed by atoms with van der Waals surface area (Å²) in [4.78, 5) is 18.6. The van der Waals surface area contributed by atoms with Crippen LogP contribution in [0.15, 0.2) is 4.99 Å². The van der Waals surface area contributed by atoms with Crippen molar-refractivity contribution in [2.45, 2.75) is 51.6 Å². The predicted octanol–water partition coefficient (Wildman–Crippen LogP) is 2.10. The van der Waals surface area contributed by atoms with E-state index in [1.54, 1.807) is 16.7 Å². The Morgan fingerprint density at radius 1 is 1.53 bits per heavy atom. The Kier molecular flexibility index (Phi) is 5.13. The summed E-state index contributed by atoms with van der Waals surface area (Å²) in [6.07, 6.45) is 5.20. The first-order valence-electron chi connectivity index (χ1n) is 7.34. The topological polar surface area (TPSA) is 44.7 Å². The van der Waals surface area contributed by atoms with Crippen LogP contribution in [0.25, 0.3) is 0 Å². The van der Waals surface area contributed by atoms with E-state index >= 15 is 0 Å². The van der Waals surface area contributed by atoms with Crippen molar-refractivity contribution in [1.82, 2.24) is 10.2 Å². The second kappa shape index (κ2) is 6.64. The quantitative estimate of drug-likeness (QED) is 0.863. The van der Waals surface area contributed by atoms with Gasteiger partial charge < -0.3 is 10.2 Å². The highest BCUT2D eigenvalue weighted by molar-refractivity contribution is 8.13. The Balaban J connectivity index is 1.92. The number of aliphatic imine (C=N–C) groups is 1. The number of nitrogens with one attached hydrogen (secondary N) is 1. The maximum atomic E-state index is 12.0. The minimum atomic E-state index is -0.184. The number of amidine groups is 1. The molecule has 2 aliphatic rings. The van der Waals surface area contributed by atoms with Crippen molar-refractivity contribution >= 4 is 22.8 Å². The lowest BCUT2D eigenvalue weighted by atomic mass is 9.86. The van der Waals surface area contributed by atoms with Crippen molar-refractivity contribution < 1.29 is 4.79 Å². The largest absolute Gasteiger partial charge is 0.353 e. The number of hydrogen-bond donors (Lipinski definition) is 1. The van der Waals surface area contributed by atoms with Crippen molar-refractivity contribution in [3.05, 3.63) is 0 Å². The first kappa shape index (κ1) is 14.7. The molecule has 0 aromatic rings. The molecule has 2 rings (SSSR count). The van der Waals surface area contributed by atoms with Gasteiger partial charge >= 0.3 is 0 Å². The van der Waals surface area contributed by atoms with Crippen LogP contribution < -0.4 is 5.32 Å². The van der Waals surface area contributed by atoms with E-state index in [1.165, 1.54) is 25.7 Å². The molecule has 108 valence electrons. The standard InChI is InChI=1S/C14H25N3OS/c1-4-17(3)13(18)10(2)15-14-16-12-8-6-5-7-11(12)9-19-14/h10-12H,4-9H2,1-3H3,(H,15,16). The van der Waals surface area contributed by atoms with Crippen LogP contribution in [0.4, 0.5) is 0 Å². The van der Waals surface area contributed by atoms with Crippen LogP contribution in [-0.2, 0) is 4.79 Å². The maximum absolute atomic E-state index is 12.0. The van der Waals surface area contributed by atoms with Crippen molar-refractivity contribution in [2.75, 3.05) is 19.3 Å². The van der Waals surface area contributed by atoms with Crippen molar-refractivity contribution in [3.63, 3.8) is 0 Å². The Morgan fingerprint density at radius 2 is 2.26 bits per heavy atom. The number of likely N-dealkylation sites (N-methyl/N-ethyl adjacent to an activating group) is 1. The van der Waals surface area contributed by atoms with Crippen molar-refractivity contribution in [2.24, 2.45) is 10.9 Å². The zero-order valence-corrected chi connectivity index (χ0v) is 13.0. The smallest absolute Gasteiger partial charge is 0.244 e. The lowest BCUT2D eigenvalue weighted by Gasteiger charge is -2.33. The second-order valence-electron chi connectivity index (χ2n) is 5.58. The summed E-state index contributed by atoms with van der Waals surface area (Å²) in [5.41, 5.74) is 0.